The average Bonchev–Trinajstić information content (AvgIpc) is 2.87. The quantitative estimate of drug-likeness (QED) is 0.233. The summed E-state index contributed by atoms with van der Waals surface area (Å²) in [7, 11) is 6.23. The Kier molecular flexibility index (Phi) is 8.86. The summed E-state index contributed by atoms with van der Waals surface area (Å²) >= 11 is 6.15. The van der Waals surface area contributed by atoms with Crippen LogP contribution in [0.4, 0.5) is 0 Å². The maximum absolute atomic E-state index is 12.4. The van der Waals surface area contributed by atoms with Gasteiger partial charge in [0.15, 0.2) is 23.0 Å². The lowest BCUT2D eigenvalue weighted by Crippen LogP contribution is -2.06. The first-order valence-electron chi connectivity index (χ1n) is 10.7. The molecule has 0 bridgehead atoms. The standard InChI is InChI=1S/C27H27ClO7/c1-6-34-27(29)20-11-10-19(28)16-22(20)35-23-13-17(9-12-21(23)30-2)7-8-18-14-24(31-3)26(33-5)25(15-18)32-4/h7-16H,6H2,1-5H3/b8-7-. The Bertz CT molecular complexity index is 1200. The molecule has 0 radical (unpaired) electrons. The number of ether oxygens (including phenoxy) is 6. The van der Waals surface area contributed by atoms with Gasteiger partial charge in [-0.1, -0.05) is 29.8 Å². The summed E-state index contributed by atoms with van der Waals surface area (Å²) in [5.74, 6) is 2.29. The zero-order valence-electron chi connectivity index (χ0n) is 20.2. The van der Waals surface area contributed by atoms with E-state index in [-0.39, 0.29) is 17.9 Å². The first-order valence-corrected chi connectivity index (χ1v) is 11.1. The van der Waals surface area contributed by atoms with E-state index in [1.54, 1.807) is 58.6 Å². The minimum absolute atomic E-state index is 0.242. The molecule has 35 heavy (non-hydrogen) atoms. The molecule has 3 rings (SSSR count). The van der Waals surface area contributed by atoms with Crippen LogP contribution in [0, 0.1) is 0 Å². The molecule has 0 heterocycles. The van der Waals surface area contributed by atoms with Crippen LogP contribution < -0.4 is 23.7 Å². The zero-order valence-corrected chi connectivity index (χ0v) is 21.0. The highest BCUT2D eigenvalue weighted by molar-refractivity contribution is 6.30. The zero-order chi connectivity index (χ0) is 25.4. The number of hydrogen-bond donors (Lipinski definition) is 0. The molecule has 8 heteroatoms. The first kappa shape index (κ1) is 25.8. The second kappa shape index (κ2) is 12.0. The summed E-state index contributed by atoms with van der Waals surface area (Å²) < 4.78 is 32.9. The summed E-state index contributed by atoms with van der Waals surface area (Å²) in [6.45, 7) is 1.98. The molecule has 0 atom stereocenters. The SMILES string of the molecule is CCOC(=O)c1ccc(Cl)cc1Oc1cc(/C=C\c2cc(OC)c(OC)c(OC)c2)ccc1OC. The third kappa shape index (κ3) is 6.19. The van der Waals surface area contributed by atoms with Crippen LogP contribution in [0.25, 0.3) is 12.2 Å². The number of methoxy groups -OCH3 is 4. The molecule has 0 aromatic heterocycles. The minimum Gasteiger partial charge on any atom is -0.493 e. The highest BCUT2D eigenvalue weighted by Crippen LogP contribution is 2.39. The summed E-state index contributed by atoms with van der Waals surface area (Å²) in [4.78, 5) is 12.4. The second-order valence-electron chi connectivity index (χ2n) is 7.17. The predicted octanol–water partition coefficient (Wildman–Crippen LogP) is 6.51. The highest BCUT2D eigenvalue weighted by atomic mass is 35.5. The smallest absolute Gasteiger partial charge is 0.341 e. The molecule has 0 unspecified atom stereocenters. The first-order chi connectivity index (χ1) is 16.9. The van der Waals surface area contributed by atoms with Crippen molar-refractivity contribution in [1.82, 2.24) is 0 Å². The summed E-state index contributed by atoms with van der Waals surface area (Å²) in [6, 6.07) is 13.9. The van der Waals surface area contributed by atoms with E-state index in [0.29, 0.717) is 33.8 Å². The number of carbonyl (C=O) groups is 1. The lowest BCUT2D eigenvalue weighted by atomic mass is 10.1. The Morgan fingerprint density at radius 3 is 1.97 bits per heavy atom. The molecule has 0 aliphatic carbocycles. The fourth-order valence-corrected chi connectivity index (χ4v) is 3.51. The van der Waals surface area contributed by atoms with Gasteiger partial charge in [0.2, 0.25) is 5.75 Å². The van der Waals surface area contributed by atoms with Crippen LogP contribution >= 0.6 is 11.6 Å². The Morgan fingerprint density at radius 2 is 1.37 bits per heavy atom. The van der Waals surface area contributed by atoms with Crippen LogP contribution in [-0.4, -0.2) is 41.0 Å². The van der Waals surface area contributed by atoms with Gasteiger partial charge in [0.05, 0.1) is 35.0 Å². The topological polar surface area (TPSA) is 72.5 Å². The summed E-state index contributed by atoms with van der Waals surface area (Å²) in [5, 5.41) is 0.422. The lowest BCUT2D eigenvalue weighted by molar-refractivity contribution is 0.0523. The van der Waals surface area contributed by atoms with E-state index in [9.17, 15) is 4.79 Å². The molecule has 0 amide bonds. The van der Waals surface area contributed by atoms with Gasteiger partial charge >= 0.3 is 5.97 Å². The lowest BCUT2D eigenvalue weighted by Gasteiger charge is -2.14. The van der Waals surface area contributed by atoms with E-state index in [1.165, 1.54) is 7.11 Å². The van der Waals surface area contributed by atoms with E-state index in [0.717, 1.165) is 11.1 Å². The molecule has 184 valence electrons. The number of carbonyl (C=O) groups excluding carboxylic acids is 1. The Balaban J connectivity index is 1.96. The fraction of sp³-hybridized carbons (Fsp3) is 0.222. The number of benzene rings is 3. The van der Waals surface area contributed by atoms with Crippen molar-refractivity contribution in [3.8, 4) is 34.5 Å². The van der Waals surface area contributed by atoms with Gasteiger partial charge in [0, 0.05) is 11.1 Å². The third-order valence-electron chi connectivity index (χ3n) is 5.00. The van der Waals surface area contributed by atoms with Crippen molar-refractivity contribution in [1.29, 1.82) is 0 Å². The van der Waals surface area contributed by atoms with E-state index in [1.807, 2.05) is 30.4 Å². The molecule has 0 N–H and O–H groups in total. The molecule has 0 aliphatic heterocycles. The van der Waals surface area contributed by atoms with Crippen LogP contribution in [-0.2, 0) is 4.74 Å². The van der Waals surface area contributed by atoms with Gasteiger partial charge in [-0.25, -0.2) is 4.79 Å². The molecule has 0 aliphatic rings. The monoisotopic (exact) mass is 498 g/mol. The maximum Gasteiger partial charge on any atom is 0.341 e. The van der Waals surface area contributed by atoms with Crippen LogP contribution in [0.3, 0.4) is 0 Å². The summed E-state index contributed by atoms with van der Waals surface area (Å²) in [6.07, 6.45) is 3.80. The van der Waals surface area contributed by atoms with Crippen LogP contribution in [0.2, 0.25) is 5.02 Å². The number of hydrogen-bond acceptors (Lipinski definition) is 7. The van der Waals surface area contributed by atoms with Gasteiger partial charge in [-0.3, -0.25) is 0 Å². The molecule has 0 spiro atoms. The largest absolute Gasteiger partial charge is 0.493 e. The molecule has 3 aromatic rings. The normalized spacial score (nSPS) is 10.7. The van der Waals surface area contributed by atoms with Crippen molar-refractivity contribution < 1.29 is 33.2 Å². The Labute approximate surface area is 209 Å². The predicted molar refractivity (Wildman–Crippen MR) is 136 cm³/mol. The van der Waals surface area contributed by atoms with Crippen molar-refractivity contribution >= 4 is 29.7 Å². The van der Waals surface area contributed by atoms with E-state index < -0.39 is 5.97 Å². The molecule has 3 aromatic carbocycles. The number of rotatable bonds is 10. The van der Waals surface area contributed by atoms with Crippen molar-refractivity contribution in [3.63, 3.8) is 0 Å². The van der Waals surface area contributed by atoms with Gasteiger partial charge < -0.3 is 28.4 Å². The average molecular weight is 499 g/mol. The molecular formula is C27H27ClO7. The van der Waals surface area contributed by atoms with Crippen molar-refractivity contribution in [2.45, 2.75) is 6.92 Å². The molecule has 7 nitrogen and oxygen atoms in total. The molecular weight excluding hydrogens is 472 g/mol. The van der Waals surface area contributed by atoms with Crippen molar-refractivity contribution in [2.75, 3.05) is 35.0 Å². The number of halogens is 1. The maximum atomic E-state index is 12.4. The van der Waals surface area contributed by atoms with Crippen LogP contribution in [0.1, 0.15) is 28.4 Å². The van der Waals surface area contributed by atoms with Crippen LogP contribution in [0.15, 0.2) is 48.5 Å². The number of esters is 1. The molecule has 0 saturated carbocycles. The highest BCUT2D eigenvalue weighted by Gasteiger charge is 2.17. The Hall–Kier alpha value is -3.84. The van der Waals surface area contributed by atoms with Crippen LogP contribution in [0.5, 0.6) is 34.5 Å². The van der Waals surface area contributed by atoms with Crippen molar-refractivity contribution in [3.05, 3.63) is 70.2 Å². The van der Waals surface area contributed by atoms with Gasteiger partial charge in [-0.15, -0.1) is 0 Å². The van der Waals surface area contributed by atoms with Gasteiger partial charge in [0.1, 0.15) is 11.3 Å². The van der Waals surface area contributed by atoms with Crippen molar-refractivity contribution in [2.24, 2.45) is 0 Å². The minimum atomic E-state index is -0.503. The van der Waals surface area contributed by atoms with E-state index in [4.69, 9.17) is 40.0 Å². The van der Waals surface area contributed by atoms with Gasteiger partial charge in [0.25, 0.3) is 0 Å². The summed E-state index contributed by atoms with van der Waals surface area (Å²) in [5.41, 5.74) is 1.93. The van der Waals surface area contributed by atoms with E-state index in [2.05, 4.69) is 0 Å². The van der Waals surface area contributed by atoms with Gasteiger partial charge in [-0.05, 0) is 54.4 Å². The Morgan fingerprint density at radius 1 is 0.743 bits per heavy atom. The van der Waals surface area contributed by atoms with Gasteiger partial charge in [-0.2, -0.15) is 0 Å². The molecule has 0 fully saturated rings. The fourth-order valence-electron chi connectivity index (χ4n) is 3.34. The molecule has 0 saturated heterocycles. The van der Waals surface area contributed by atoms with E-state index >= 15 is 0 Å². The third-order valence-corrected chi connectivity index (χ3v) is 5.24. The second-order valence-corrected chi connectivity index (χ2v) is 7.60.